The number of aliphatic imine (C=N–C) groups is 1. The summed E-state index contributed by atoms with van der Waals surface area (Å²) in [5.41, 5.74) is 7.58. The Balaban J connectivity index is 2.12. The van der Waals surface area contributed by atoms with Crippen LogP contribution in [0.2, 0.25) is 0 Å². The van der Waals surface area contributed by atoms with E-state index in [-0.39, 0.29) is 11.6 Å². The summed E-state index contributed by atoms with van der Waals surface area (Å²) in [5, 5.41) is 12.3. The molecule has 0 amide bonds. The summed E-state index contributed by atoms with van der Waals surface area (Å²) in [5.74, 6) is -1.02. The smallest absolute Gasteiger partial charge is 0.337 e. The van der Waals surface area contributed by atoms with E-state index in [0.29, 0.717) is 17.1 Å². The zero-order chi connectivity index (χ0) is 16.8. The van der Waals surface area contributed by atoms with Gasteiger partial charge in [-0.3, -0.25) is 9.98 Å². The molecule has 4 N–H and O–H groups in total. The highest BCUT2D eigenvalue weighted by molar-refractivity contribution is 5.96. The lowest BCUT2D eigenvalue weighted by Gasteiger charge is -2.26. The molecule has 124 valence electrons. The fourth-order valence-electron chi connectivity index (χ4n) is 2.38. The van der Waals surface area contributed by atoms with Crippen LogP contribution in [0.4, 0.5) is 5.69 Å². The van der Waals surface area contributed by atoms with Crippen molar-refractivity contribution < 1.29 is 9.90 Å². The summed E-state index contributed by atoms with van der Waals surface area (Å²) >= 11 is 0. The van der Waals surface area contributed by atoms with Gasteiger partial charge in [0, 0.05) is 18.1 Å². The van der Waals surface area contributed by atoms with E-state index in [9.17, 15) is 9.90 Å². The molecule has 7 heteroatoms. The van der Waals surface area contributed by atoms with Crippen LogP contribution in [-0.2, 0) is 0 Å². The number of likely N-dealkylation sites (tertiary alicyclic amines) is 1. The molecule has 0 unspecified atom stereocenters. The molecule has 1 saturated heterocycles. The van der Waals surface area contributed by atoms with E-state index >= 15 is 0 Å². The molecule has 1 aliphatic heterocycles. The molecular formula is C16H23N5O2. The maximum absolute atomic E-state index is 11.3. The van der Waals surface area contributed by atoms with E-state index in [0.717, 1.165) is 25.9 Å². The van der Waals surface area contributed by atoms with Crippen LogP contribution in [0.15, 0.2) is 34.8 Å². The third kappa shape index (κ3) is 4.79. The van der Waals surface area contributed by atoms with E-state index in [1.807, 2.05) is 0 Å². The highest BCUT2D eigenvalue weighted by atomic mass is 16.4. The van der Waals surface area contributed by atoms with E-state index in [2.05, 4.69) is 27.2 Å². The number of hydrogen-bond acceptors (Lipinski definition) is 6. The van der Waals surface area contributed by atoms with Gasteiger partial charge in [0.05, 0.1) is 29.2 Å². The van der Waals surface area contributed by atoms with Crippen molar-refractivity contribution in [2.75, 3.05) is 25.5 Å². The van der Waals surface area contributed by atoms with Crippen molar-refractivity contribution >= 4 is 17.9 Å². The predicted octanol–water partition coefficient (Wildman–Crippen LogP) is 1.55. The number of carboxylic acid groups (broad SMARTS) is 1. The maximum Gasteiger partial charge on any atom is 0.337 e. The van der Waals surface area contributed by atoms with Gasteiger partial charge in [0.1, 0.15) is 0 Å². The zero-order valence-electron chi connectivity index (χ0n) is 13.5. The Morgan fingerprint density at radius 1 is 1.52 bits per heavy atom. The van der Waals surface area contributed by atoms with E-state index in [1.165, 1.54) is 18.5 Å². The van der Waals surface area contributed by atoms with Gasteiger partial charge in [-0.2, -0.15) is 0 Å². The molecular weight excluding hydrogens is 294 g/mol. The van der Waals surface area contributed by atoms with Crippen molar-refractivity contribution in [1.29, 1.82) is 0 Å². The summed E-state index contributed by atoms with van der Waals surface area (Å²) in [6.07, 6.45) is 6.63. The van der Waals surface area contributed by atoms with Gasteiger partial charge in [-0.25, -0.2) is 4.79 Å². The minimum atomic E-state index is -1.02. The van der Waals surface area contributed by atoms with Crippen LogP contribution >= 0.6 is 0 Å². The van der Waals surface area contributed by atoms with Crippen molar-refractivity contribution in [3.05, 3.63) is 35.4 Å². The normalized spacial score (nSPS) is 18.0. The minimum absolute atomic E-state index is 0.145. The maximum atomic E-state index is 11.3. The largest absolute Gasteiger partial charge is 0.478 e. The number of carbonyl (C=O) groups is 1. The number of nitrogens with zero attached hydrogens (tertiary/aromatic N) is 3. The quantitative estimate of drug-likeness (QED) is 0.712. The van der Waals surface area contributed by atoms with Crippen LogP contribution in [0.25, 0.3) is 0 Å². The van der Waals surface area contributed by atoms with Crippen LogP contribution < -0.4 is 11.1 Å². The molecule has 2 heterocycles. The number of piperidine rings is 1. The Labute approximate surface area is 135 Å². The Bertz CT molecular complexity index is 615. The van der Waals surface area contributed by atoms with Crippen LogP contribution in [0.1, 0.15) is 30.1 Å². The van der Waals surface area contributed by atoms with Gasteiger partial charge in [0.2, 0.25) is 0 Å². The predicted molar refractivity (Wildman–Crippen MR) is 90.7 cm³/mol. The monoisotopic (exact) mass is 317 g/mol. The molecule has 1 fully saturated rings. The number of nitrogens with one attached hydrogen (secondary N) is 1. The summed E-state index contributed by atoms with van der Waals surface area (Å²) in [6.45, 7) is 3.81. The van der Waals surface area contributed by atoms with E-state index < -0.39 is 5.97 Å². The van der Waals surface area contributed by atoms with Crippen molar-refractivity contribution in [1.82, 2.24) is 9.88 Å². The first-order valence-corrected chi connectivity index (χ1v) is 7.59. The zero-order valence-corrected chi connectivity index (χ0v) is 13.5. The molecule has 1 aromatic heterocycles. The fourth-order valence-corrected chi connectivity index (χ4v) is 2.38. The van der Waals surface area contributed by atoms with Crippen LogP contribution in [0.3, 0.4) is 0 Å². The highest BCUT2D eigenvalue weighted by Crippen LogP contribution is 2.17. The first-order chi connectivity index (χ1) is 11.0. The van der Waals surface area contributed by atoms with Crippen LogP contribution in [0.5, 0.6) is 0 Å². The first kappa shape index (κ1) is 17.0. The second-order valence-corrected chi connectivity index (χ2v) is 5.76. The molecule has 23 heavy (non-hydrogen) atoms. The molecule has 1 aromatic rings. The number of carboxylic acids is 1. The van der Waals surface area contributed by atoms with Crippen molar-refractivity contribution in [2.45, 2.75) is 25.8 Å². The lowest BCUT2D eigenvalue weighted by atomic mass is 10.1. The lowest BCUT2D eigenvalue weighted by molar-refractivity contribution is 0.0698. The topological polar surface area (TPSA) is 104 Å². The van der Waals surface area contributed by atoms with E-state index in [1.54, 1.807) is 13.1 Å². The molecule has 1 aliphatic rings. The summed E-state index contributed by atoms with van der Waals surface area (Å²) in [4.78, 5) is 22.1. The fraction of sp³-hybridized carbons (Fsp3) is 0.438. The Morgan fingerprint density at radius 3 is 2.83 bits per heavy atom. The van der Waals surface area contributed by atoms with Crippen molar-refractivity contribution in [3.8, 4) is 0 Å². The number of pyridine rings is 1. The molecule has 0 spiro atoms. The van der Waals surface area contributed by atoms with Crippen LogP contribution in [0, 0.1) is 0 Å². The summed E-state index contributed by atoms with van der Waals surface area (Å²) < 4.78 is 0. The minimum Gasteiger partial charge on any atom is -0.478 e. The van der Waals surface area contributed by atoms with Crippen molar-refractivity contribution in [3.63, 3.8) is 0 Å². The summed E-state index contributed by atoms with van der Waals surface area (Å²) in [6, 6.07) is 1.72. The molecule has 7 nitrogen and oxygen atoms in total. The van der Waals surface area contributed by atoms with Gasteiger partial charge in [0.25, 0.3) is 0 Å². The third-order valence-electron chi connectivity index (χ3n) is 3.85. The number of hydrogen-bond donors (Lipinski definition) is 3. The van der Waals surface area contributed by atoms with Gasteiger partial charge >= 0.3 is 5.97 Å². The number of nitrogens with two attached hydrogens (primary N) is 1. The molecule has 2 rings (SSSR count). The van der Waals surface area contributed by atoms with Gasteiger partial charge in [-0.15, -0.1) is 0 Å². The average Bonchev–Trinajstić information content (AvgIpc) is 2.53. The average molecular weight is 317 g/mol. The second-order valence-electron chi connectivity index (χ2n) is 5.76. The van der Waals surface area contributed by atoms with E-state index in [4.69, 9.17) is 5.73 Å². The lowest BCUT2D eigenvalue weighted by Crippen LogP contribution is -2.32. The SMILES string of the molecule is CC(N)=C(C=NC1CCN(C)CC1)Nc1cnccc1C(=O)O. The number of anilines is 1. The number of rotatable bonds is 5. The molecule has 0 bridgehead atoms. The Kier molecular flexibility index (Phi) is 5.70. The van der Waals surface area contributed by atoms with Crippen molar-refractivity contribution in [2.24, 2.45) is 10.7 Å². The highest BCUT2D eigenvalue weighted by Gasteiger charge is 2.15. The Hall–Kier alpha value is -2.41. The molecule has 0 atom stereocenters. The molecule has 0 aliphatic carbocycles. The van der Waals surface area contributed by atoms with Gasteiger partial charge < -0.3 is 21.1 Å². The molecule has 0 aromatic carbocycles. The van der Waals surface area contributed by atoms with Crippen LogP contribution in [-0.4, -0.2) is 53.4 Å². The summed E-state index contributed by atoms with van der Waals surface area (Å²) in [7, 11) is 2.10. The van der Waals surface area contributed by atoms with Gasteiger partial charge in [-0.05, 0) is 46.0 Å². The number of aromatic nitrogens is 1. The standard InChI is InChI=1S/C16H23N5O2/c1-11(17)14(10-19-12-4-7-21(2)8-5-12)20-15-9-18-6-3-13(15)16(22)23/h3,6,9-10,12,20H,4-5,7-8,17H2,1-2H3,(H,22,23). The number of allylic oxidation sites excluding steroid dienone is 2. The van der Waals surface area contributed by atoms with Gasteiger partial charge in [0.15, 0.2) is 0 Å². The third-order valence-corrected chi connectivity index (χ3v) is 3.85. The second kappa shape index (κ2) is 7.73. The Morgan fingerprint density at radius 2 is 2.22 bits per heavy atom. The first-order valence-electron chi connectivity index (χ1n) is 7.59. The number of aromatic carboxylic acids is 1. The van der Waals surface area contributed by atoms with Gasteiger partial charge in [-0.1, -0.05) is 0 Å². The molecule has 0 radical (unpaired) electrons. The molecule has 0 saturated carbocycles.